The van der Waals surface area contributed by atoms with Gasteiger partial charge in [-0.1, -0.05) is 37.3 Å². The molecule has 1 aromatic heterocycles. The number of nitrogens with one attached hydrogen (secondary N) is 1. The normalized spacial score (nSPS) is 10.2. The summed E-state index contributed by atoms with van der Waals surface area (Å²) < 4.78 is 0. The third-order valence-corrected chi connectivity index (χ3v) is 2.79. The van der Waals surface area contributed by atoms with Crippen LogP contribution in [0.2, 0.25) is 0 Å². The van der Waals surface area contributed by atoms with Crippen LogP contribution in [0, 0.1) is 0 Å². The molecule has 0 aliphatic carbocycles. The largest absolute Gasteiger partial charge is 0.356 e. The van der Waals surface area contributed by atoms with Crippen molar-refractivity contribution in [1.29, 1.82) is 0 Å². The summed E-state index contributed by atoms with van der Waals surface area (Å²) in [6.07, 6.45) is 4.89. The van der Waals surface area contributed by atoms with Crippen LogP contribution in [-0.4, -0.2) is 22.4 Å². The van der Waals surface area contributed by atoms with Crippen molar-refractivity contribution >= 4 is 5.91 Å². The van der Waals surface area contributed by atoms with E-state index >= 15 is 0 Å². The Bertz CT molecular complexity index is 523. The van der Waals surface area contributed by atoms with E-state index in [1.807, 2.05) is 49.6 Å². The van der Waals surface area contributed by atoms with Gasteiger partial charge >= 0.3 is 0 Å². The number of amides is 1. The van der Waals surface area contributed by atoms with Crippen LogP contribution in [0.5, 0.6) is 0 Å². The van der Waals surface area contributed by atoms with Gasteiger partial charge < -0.3 is 5.32 Å². The fourth-order valence-electron chi connectivity index (χ4n) is 1.69. The third kappa shape index (κ3) is 3.88. The van der Waals surface area contributed by atoms with Gasteiger partial charge in [0.2, 0.25) is 5.91 Å². The molecule has 98 valence electrons. The second kappa shape index (κ2) is 6.64. The van der Waals surface area contributed by atoms with Gasteiger partial charge in [-0.3, -0.25) is 4.79 Å². The van der Waals surface area contributed by atoms with Crippen LogP contribution in [0.4, 0.5) is 0 Å². The van der Waals surface area contributed by atoms with Crippen LogP contribution in [0.1, 0.15) is 18.9 Å². The van der Waals surface area contributed by atoms with Gasteiger partial charge in [0, 0.05) is 30.9 Å². The van der Waals surface area contributed by atoms with Crippen molar-refractivity contribution in [1.82, 2.24) is 15.3 Å². The first-order valence-electron chi connectivity index (χ1n) is 6.42. The zero-order valence-electron chi connectivity index (χ0n) is 11.0. The van der Waals surface area contributed by atoms with E-state index in [1.54, 1.807) is 0 Å². The van der Waals surface area contributed by atoms with Crippen LogP contribution in [0.3, 0.4) is 0 Å². The molecule has 0 saturated heterocycles. The van der Waals surface area contributed by atoms with E-state index in [1.165, 1.54) is 0 Å². The first kappa shape index (κ1) is 13.2. The van der Waals surface area contributed by atoms with Crippen molar-refractivity contribution in [2.75, 3.05) is 6.54 Å². The molecule has 0 aliphatic heterocycles. The number of nitrogens with zero attached hydrogens (tertiary/aromatic N) is 2. The molecule has 19 heavy (non-hydrogen) atoms. The Kier molecular flexibility index (Phi) is 4.61. The molecule has 2 aromatic rings. The molecule has 1 amide bonds. The number of carbonyl (C=O) groups is 1. The minimum absolute atomic E-state index is 0.0711. The quantitative estimate of drug-likeness (QED) is 0.891. The van der Waals surface area contributed by atoms with E-state index in [-0.39, 0.29) is 5.91 Å². The summed E-state index contributed by atoms with van der Waals surface area (Å²) in [5, 5.41) is 2.83. The molecular weight excluding hydrogens is 238 g/mol. The third-order valence-electron chi connectivity index (χ3n) is 2.79. The van der Waals surface area contributed by atoms with Crippen molar-refractivity contribution in [2.24, 2.45) is 0 Å². The molecule has 0 atom stereocenters. The van der Waals surface area contributed by atoms with Crippen molar-refractivity contribution in [3.63, 3.8) is 0 Å². The van der Waals surface area contributed by atoms with Crippen LogP contribution in [0.25, 0.3) is 11.4 Å². The lowest BCUT2D eigenvalue weighted by Gasteiger charge is -2.04. The summed E-state index contributed by atoms with van der Waals surface area (Å²) in [5.41, 5.74) is 2.03. The Morgan fingerprint density at radius 3 is 2.47 bits per heavy atom. The lowest BCUT2D eigenvalue weighted by atomic mass is 10.2. The molecule has 0 spiro atoms. The fraction of sp³-hybridized carbons (Fsp3) is 0.267. The molecule has 1 aromatic carbocycles. The van der Waals surface area contributed by atoms with Gasteiger partial charge in [0.05, 0.1) is 0 Å². The van der Waals surface area contributed by atoms with Gasteiger partial charge in [0.25, 0.3) is 0 Å². The van der Waals surface area contributed by atoms with E-state index in [0.717, 1.165) is 23.4 Å². The number of hydrogen-bond acceptors (Lipinski definition) is 3. The highest BCUT2D eigenvalue weighted by Gasteiger charge is 2.01. The highest BCUT2D eigenvalue weighted by Crippen LogP contribution is 2.13. The maximum absolute atomic E-state index is 11.1. The monoisotopic (exact) mass is 255 g/mol. The second-order valence-corrected chi connectivity index (χ2v) is 4.23. The lowest BCUT2D eigenvalue weighted by Crippen LogP contribution is -2.24. The van der Waals surface area contributed by atoms with E-state index in [2.05, 4.69) is 15.3 Å². The van der Waals surface area contributed by atoms with Gasteiger partial charge in [-0.05, 0) is 12.0 Å². The van der Waals surface area contributed by atoms with Crippen molar-refractivity contribution in [3.05, 3.63) is 48.3 Å². The first-order valence-corrected chi connectivity index (χ1v) is 6.42. The summed E-state index contributed by atoms with van der Waals surface area (Å²) in [6.45, 7) is 2.47. The predicted octanol–water partition coefficient (Wildman–Crippen LogP) is 2.21. The smallest absolute Gasteiger partial charge is 0.219 e. The SMILES string of the molecule is CCC(=O)NCCc1cnc(-c2ccccc2)nc1. The number of hydrogen-bond donors (Lipinski definition) is 1. The molecule has 0 fully saturated rings. The summed E-state index contributed by atoms with van der Waals surface area (Å²) >= 11 is 0. The predicted molar refractivity (Wildman–Crippen MR) is 74.5 cm³/mol. The summed E-state index contributed by atoms with van der Waals surface area (Å²) in [4.78, 5) is 19.8. The minimum atomic E-state index is 0.0711. The Morgan fingerprint density at radius 2 is 1.84 bits per heavy atom. The summed E-state index contributed by atoms with van der Waals surface area (Å²) in [7, 11) is 0. The van der Waals surface area contributed by atoms with Crippen molar-refractivity contribution in [3.8, 4) is 11.4 Å². The highest BCUT2D eigenvalue weighted by atomic mass is 16.1. The Balaban J connectivity index is 1.94. The topological polar surface area (TPSA) is 54.9 Å². The number of carbonyl (C=O) groups excluding carboxylic acids is 1. The van der Waals surface area contributed by atoms with E-state index in [0.29, 0.717) is 13.0 Å². The Hall–Kier alpha value is -2.23. The molecule has 0 unspecified atom stereocenters. The van der Waals surface area contributed by atoms with Gasteiger partial charge in [-0.2, -0.15) is 0 Å². The fourth-order valence-corrected chi connectivity index (χ4v) is 1.69. The number of aromatic nitrogens is 2. The zero-order chi connectivity index (χ0) is 13.5. The molecular formula is C15H17N3O. The van der Waals surface area contributed by atoms with Gasteiger partial charge in [-0.15, -0.1) is 0 Å². The molecule has 1 N–H and O–H groups in total. The van der Waals surface area contributed by atoms with Crippen LogP contribution >= 0.6 is 0 Å². The lowest BCUT2D eigenvalue weighted by molar-refractivity contribution is -0.120. The molecule has 0 aliphatic rings. The average molecular weight is 255 g/mol. The molecule has 4 heteroatoms. The van der Waals surface area contributed by atoms with E-state index in [4.69, 9.17) is 0 Å². The molecule has 0 bridgehead atoms. The first-order chi connectivity index (χ1) is 9.29. The molecule has 2 rings (SSSR count). The summed E-state index contributed by atoms with van der Waals surface area (Å²) in [6, 6.07) is 9.86. The van der Waals surface area contributed by atoms with E-state index < -0.39 is 0 Å². The number of benzene rings is 1. The van der Waals surface area contributed by atoms with Crippen LogP contribution in [0.15, 0.2) is 42.7 Å². The van der Waals surface area contributed by atoms with Gasteiger partial charge in [0.1, 0.15) is 0 Å². The summed E-state index contributed by atoms with van der Waals surface area (Å²) in [5.74, 6) is 0.795. The Labute approximate surface area is 112 Å². The van der Waals surface area contributed by atoms with Gasteiger partial charge in [-0.25, -0.2) is 9.97 Å². The highest BCUT2D eigenvalue weighted by molar-refractivity contribution is 5.75. The standard InChI is InChI=1S/C15H17N3O/c1-2-14(19)16-9-8-12-10-17-15(18-11-12)13-6-4-3-5-7-13/h3-7,10-11H,2,8-9H2,1H3,(H,16,19). The molecule has 4 nitrogen and oxygen atoms in total. The number of rotatable bonds is 5. The van der Waals surface area contributed by atoms with Crippen molar-refractivity contribution in [2.45, 2.75) is 19.8 Å². The average Bonchev–Trinajstić information content (AvgIpc) is 2.48. The molecule has 1 heterocycles. The second-order valence-electron chi connectivity index (χ2n) is 4.23. The van der Waals surface area contributed by atoms with E-state index in [9.17, 15) is 4.79 Å². The van der Waals surface area contributed by atoms with Crippen molar-refractivity contribution < 1.29 is 4.79 Å². The molecule has 0 radical (unpaired) electrons. The van der Waals surface area contributed by atoms with Gasteiger partial charge in [0.15, 0.2) is 5.82 Å². The maximum Gasteiger partial charge on any atom is 0.219 e. The van der Waals surface area contributed by atoms with Crippen LogP contribution in [-0.2, 0) is 11.2 Å². The maximum atomic E-state index is 11.1. The van der Waals surface area contributed by atoms with Crippen LogP contribution < -0.4 is 5.32 Å². The minimum Gasteiger partial charge on any atom is -0.356 e. The molecule has 0 saturated carbocycles. The zero-order valence-corrected chi connectivity index (χ0v) is 11.0. The Morgan fingerprint density at radius 1 is 1.16 bits per heavy atom.